The summed E-state index contributed by atoms with van der Waals surface area (Å²) in [5.41, 5.74) is 3.27. The molecule has 1 amide bonds. The van der Waals surface area contributed by atoms with E-state index in [0.29, 0.717) is 24.6 Å². The van der Waals surface area contributed by atoms with E-state index >= 15 is 0 Å². The average molecular weight is 488 g/mol. The molecule has 2 heterocycles. The van der Waals surface area contributed by atoms with Crippen LogP contribution in [0.3, 0.4) is 0 Å². The van der Waals surface area contributed by atoms with Crippen LogP contribution in [0.25, 0.3) is 11.0 Å². The maximum absolute atomic E-state index is 13.0. The highest BCUT2D eigenvalue weighted by Crippen LogP contribution is 2.35. The Bertz CT molecular complexity index is 1300. The predicted molar refractivity (Wildman–Crippen MR) is 140 cm³/mol. The van der Waals surface area contributed by atoms with E-state index in [1.807, 2.05) is 59.5 Å². The van der Waals surface area contributed by atoms with E-state index in [9.17, 15) is 4.79 Å². The number of hydrogen-bond acceptors (Lipinski definition) is 3. The molecule has 4 aromatic rings. The highest BCUT2D eigenvalue weighted by molar-refractivity contribution is 6.32. The first-order chi connectivity index (χ1) is 17.1. The highest BCUT2D eigenvalue weighted by atomic mass is 35.5. The van der Waals surface area contributed by atoms with Gasteiger partial charge in [0.2, 0.25) is 5.91 Å². The van der Waals surface area contributed by atoms with E-state index in [1.165, 1.54) is 0 Å². The van der Waals surface area contributed by atoms with Gasteiger partial charge < -0.3 is 14.2 Å². The van der Waals surface area contributed by atoms with Crippen molar-refractivity contribution in [3.8, 4) is 5.75 Å². The van der Waals surface area contributed by atoms with Crippen molar-refractivity contribution in [3.05, 3.63) is 95.3 Å². The largest absolute Gasteiger partial charge is 0.492 e. The summed E-state index contributed by atoms with van der Waals surface area (Å²) in [7, 11) is 0. The predicted octanol–water partition coefficient (Wildman–Crippen LogP) is 6.63. The van der Waals surface area contributed by atoms with Crippen molar-refractivity contribution in [2.24, 2.45) is 0 Å². The minimum Gasteiger partial charge on any atom is -0.492 e. The highest BCUT2D eigenvalue weighted by Gasteiger charge is 2.36. The van der Waals surface area contributed by atoms with Crippen LogP contribution in [0.5, 0.6) is 5.75 Å². The maximum Gasteiger partial charge on any atom is 0.223 e. The Morgan fingerprint density at radius 3 is 2.57 bits per heavy atom. The molecule has 0 aliphatic carbocycles. The Morgan fingerprint density at radius 2 is 1.74 bits per heavy atom. The smallest absolute Gasteiger partial charge is 0.223 e. The van der Waals surface area contributed by atoms with Gasteiger partial charge in [-0.1, -0.05) is 66.2 Å². The fourth-order valence-electron chi connectivity index (χ4n) is 4.95. The van der Waals surface area contributed by atoms with Gasteiger partial charge in [-0.25, -0.2) is 4.98 Å². The number of hydrogen-bond donors (Lipinski definition) is 0. The fraction of sp³-hybridized carbons (Fsp3) is 0.310. The lowest BCUT2D eigenvalue weighted by molar-refractivity contribution is -0.129. The maximum atomic E-state index is 13.0. The van der Waals surface area contributed by atoms with E-state index in [-0.39, 0.29) is 17.9 Å². The molecule has 6 heteroatoms. The van der Waals surface area contributed by atoms with Crippen LogP contribution in [-0.2, 0) is 11.3 Å². The number of benzene rings is 3. The number of amides is 1. The Morgan fingerprint density at radius 1 is 1.00 bits per heavy atom. The number of carbonyl (C=O) groups excluding carboxylic acids is 1. The van der Waals surface area contributed by atoms with E-state index < -0.39 is 0 Å². The van der Waals surface area contributed by atoms with Gasteiger partial charge in [-0.15, -0.1) is 0 Å². The van der Waals surface area contributed by atoms with Crippen LogP contribution < -0.4 is 4.74 Å². The first-order valence-electron chi connectivity index (χ1n) is 12.3. The third-order valence-corrected chi connectivity index (χ3v) is 7.14. The van der Waals surface area contributed by atoms with Crippen molar-refractivity contribution in [1.29, 1.82) is 0 Å². The van der Waals surface area contributed by atoms with Crippen LogP contribution >= 0.6 is 11.6 Å². The monoisotopic (exact) mass is 487 g/mol. The number of rotatable bonds is 9. The number of ether oxygens (including phenoxy) is 1. The topological polar surface area (TPSA) is 47.4 Å². The SMILES string of the molecule is CC(c1ccccc1)N1CC(c2nc3ccccc3n2CCCCOc2ccccc2Cl)CC1=O. The lowest BCUT2D eigenvalue weighted by Crippen LogP contribution is -2.28. The molecule has 1 fully saturated rings. The summed E-state index contributed by atoms with van der Waals surface area (Å²) in [5, 5.41) is 0.635. The number of carbonyl (C=O) groups is 1. The van der Waals surface area contributed by atoms with Crippen molar-refractivity contribution < 1.29 is 9.53 Å². The van der Waals surface area contributed by atoms with Crippen molar-refractivity contribution >= 4 is 28.5 Å². The summed E-state index contributed by atoms with van der Waals surface area (Å²) < 4.78 is 8.17. The molecule has 2 unspecified atom stereocenters. The van der Waals surface area contributed by atoms with Crippen LogP contribution in [0.2, 0.25) is 5.02 Å². The van der Waals surface area contributed by atoms with Gasteiger partial charge in [0.15, 0.2) is 0 Å². The number of aromatic nitrogens is 2. The summed E-state index contributed by atoms with van der Waals surface area (Å²) >= 11 is 6.19. The summed E-state index contributed by atoms with van der Waals surface area (Å²) in [4.78, 5) is 20.0. The second-order valence-electron chi connectivity index (χ2n) is 9.13. The molecule has 5 nitrogen and oxygen atoms in total. The van der Waals surface area contributed by atoms with E-state index in [1.54, 1.807) is 0 Å². The first kappa shape index (κ1) is 23.4. The molecule has 180 valence electrons. The number of fused-ring (bicyclic) bond motifs is 1. The van der Waals surface area contributed by atoms with E-state index in [2.05, 4.69) is 35.8 Å². The Balaban J connectivity index is 1.29. The Labute approximate surface area is 211 Å². The van der Waals surface area contributed by atoms with Crippen molar-refractivity contribution in [1.82, 2.24) is 14.5 Å². The molecule has 3 aromatic carbocycles. The molecular formula is C29H30ClN3O2. The summed E-state index contributed by atoms with van der Waals surface area (Å²) in [6.45, 7) is 4.24. The minimum atomic E-state index is 0.0495. The number of para-hydroxylation sites is 3. The zero-order valence-corrected chi connectivity index (χ0v) is 20.7. The molecule has 1 aliphatic rings. The van der Waals surface area contributed by atoms with E-state index in [0.717, 1.165) is 47.6 Å². The molecule has 2 atom stereocenters. The fourth-order valence-corrected chi connectivity index (χ4v) is 5.14. The molecule has 0 N–H and O–H groups in total. The van der Waals surface area contributed by atoms with Crippen molar-refractivity contribution in [2.75, 3.05) is 13.2 Å². The molecule has 5 rings (SSSR count). The Kier molecular flexibility index (Phi) is 7.05. The van der Waals surface area contributed by atoms with Gasteiger partial charge in [0.25, 0.3) is 0 Å². The normalized spacial score (nSPS) is 16.7. The molecule has 0 saturated carbocycles. The molecule has 1 aromatic heterocycles. The summed E-state index contributed by atoms with van der Waals surface area (Å²) in [6.07, 6.45) is 2.34. The number of unbranched alkanes of at least 4 members (excludes halogenated alkanes) is 1. The molecule has 0 radical (unpaired) electrons. The quantitative estimate of drug-likeness (QED) is 0.249. The molecular weight excluding hydrogens is 458 g/mol. The lowest BCUT2D eigenvalue weighted by atomic mass is 10.1. The van der Waals surface area contributed by atoms with Crippen LogP contribution in [0.15, 0.2) is 78.9 Å². The van der Waals surface area contributed by atoms with Crippen LogP contribution in [-0.4, -0.2) is 33.5 Å². The standard InChI is InChI=1S/C29H30ClN3O2/c1-21(22-11-3-2-4-12-22)33-20-23(19-28(33)34)29-31-25-14-6-7-15-26(25)32(29)17-9-10-18-35-27-16-8-5-13-24(27)30/h2-8,11-16,21,23H,9-10,17-20H2,1H3. The number of aryl methyl sites for hydroxylation is 1. The van der Waals surface area contributed by atoms with Crippen LogP contribution in [0.4, 0.5) is 0 Å². The molecule has 35 heavy (non-hydrogen) atoms. The van der Waals surface area contributed by atoms with Crippen LogP contribution in [0.1, 0.15) is 49.5 Å². The summed E-state index contributed by atoms with van der Waals surface area (Å²) in [6, 6.07) is 26.1. The van der Waals surface area contributed by atoms with Gasteiger partial charge in [0.1, 0.15) is 11.6 Å². The van der Waals surface area contributed by atoms with Gasteiger partial charge in [-0.3, -0.25) is 4.79 Å². The molecule has 1 saturated heterocycles. The third kappa shape index (κ3) is 5.06. The number of imidazole rings is 1. The first-order valence-corrected chi connectivity index (χ1v) is 12.7. The zero-order chi connectivity index (χ0) is 24.2. The van der Waals surface area contributed by atoms with Crippen molar-refractivity contribution in [3.63, 3.8) is 0 Å². The summed E-state index contributed by atoms with van der Waals surface area (Å²) in [5.74, 6) is 2.01. The number of likely N-dealkylation sites (tertiary alicyclic amines) is 1. The minimum absolute atomic E-state index is 0.0495. The van der Waals surface area contributed by atoms with Gasteiger partial charge in [-0.05, 0) is 49.6 Å². The van der Waals surface area contributed by atoms with Crippen molar-refractivity contribution in [2.45, 2.75) is 44.7 Å². The number of halogens is 1. The third-order valence-electron chi connectivity index (χ3n) is 6.83. The second-order valence-corrected chi connectivity index (χ2v) is 9.54. The van der Waals surface area contributed by atoms with E-state index in [4.69, 9.17) is 21.3 Å². The average Bonchev–Trinajstić information content (AvgIpc) is 3.45. The van der Waals surface area contributed by atoms with Gasteiger partial charge in [-0.2, -0.15) is 0 Å². The van der Waals surface area contributed by atoms with Gasteiger partial charge >= 0.3 is 0 Å². The zero-order valence-electron chi connectivity index (χ0n) is 19.9. The molecule has 1 aliphatic heterocycles. The lowest BCUT2D eigenvalue weighted by Gasteiger charge is -2.25. The Hall–Kier alpha value is -3.31. The van der Waals surface area contributed by atoms with Gasteiger partial charge in [0, 0.05) is 25.4 Å². The molecule has 0 spiro atoms. The molecule has 0 bridgehead atoms. The number of nitrogens with zero attached hydrogens (tertiary/aromatic N) is 3. The van der Waals surface area contributed by atoms with Crippen LogP contribution in [0, 0.1) is 0 Å². The van der Waals surface area contributed by atoms with Gasteiger partial charge in [0.05, 0.1) is 28.7 Å². The second kappa shape index (κ2) is 10.5.